The molecular weight excluding hydrogens is 378 g/mol. The van der Waals surface area contributed by atoms with Crippen LogP contribution in [0.15, 0.2) is 59.1 Å². The number of H-pyrrole nitrogens is 1. The molecule has 0 saturated carbocycles. The molecule has 7 heteroatoms. The van der Waals surface area contributed by atoms with E-state index in [1.54, 1.807) is 0 Å². The summed E-state index contributed by atoms with van der Waals surface area (Å²) in [6, 6.07) is 15.2. The first kappa shape index (κ1) is 18.6. The number of nitrogens with zero attached hydrogens (tertiary/aromatic N) is 3. The van der Waals surface area contributed by atoms with Crippen LogP contribution in [0.2, 0.25) is 0 Å². The molecule has 1 atom stereocenters. The van der Waals surface area contributed by atoms with E-state index in [2.05, 4.69) is 25.2 Å². The van der Waals surface area contributed by atoms with Crippen molar-refractivity contribution in [3.8, 4) is 11.5 Å². The van der Waals surface area contributed by atoms with Crippen molar-refractivity contribution in [2.75, 3.05) is 11.9 Å². The molecule has 2 N–H and O–H groups in total. The molecular formula is C23H23N5O2. The Labute approximate surface area is 174 Å². The number of likely N-dealkylation sites (tertiary alicyclic amines) is 1. The summed E-state index contributed by atoms with van der Waals surface area (Å²) in [6.45, 7) is 3.55. The molecule has 1 amide bonds. The van der Waals surface area contributed by atoms with Gasteiger partial charge in [0.15, 0.2) is 5.58 Å². The van der Waals surface area contributed by atoms with Crippen LogP contribution in [0.25, 0.3) is 22.6 Å². The summed E-state index contributed by atoms with van der Waals surface area (Å²) in [6.07, 6.45) is 3.72. The number of amides is 1. The fraction of sp³-hybridized carbons (Fsp3) is 0.261. The maximum Gasteiger partial charge on any atom is 0.241 e. The molecule has 1 aliphatic rings. The van der Waals surface area contributed by atoms with Crippen molar-refractivity contribution in [1.29, 1.82) is 0 Å². The number of benzene rings is 2. The third-order valence-electron chi connectivity index (χ3n) is 5.49. The standard InChI is InChI=1S/C23H23N5O2/c1-15-24-13-18(25-15)14-28-12-4-6-20(28)22(29)26-17-10-8-16(9-11-17)23-27-19-5-2-3-7-21(19)30-23/h2-3,5,7-11,13,20H,4,6,12,14H2,1H3,(H,24,25)(H,26,29)/t20-/m0/s1. The zero-order chi connectivity index (χ0) is 20.5. The number of para-hydroxylation sites is 2. The predicted octanol–water partition coefficient (Wildman–Crippen LogP) is 4.13. The van der Waals surface area contributed by atoms with Crippen LogP contribution in [0, 0.1) is 6.92 Å². The van der Waals surface area contributed by atoms with E-state index in [9.17, 15) is 4.79 Å². The van der Waals surface area contributed by atoms with Gasteiger partial charge in [0.05, 0.1) is 6.04 Å². The zero-order valence-corrected chi connectivity index (χ0v) is 16.8. The number of aryl methyl sites for hydroxylation is 1. The highest BCUT2D eigenvalue weighted by Crippen LogP contribution is 2.26. The third-order valence-corrected chi connectivity index (χ3v) is 5.49. The Kier molecular flexibility index (Phi) is 4.80. The molecule has 2 aromatic carbocycles. The van der Waals surface area contributed by atoms with Gasteiger partial charge in [-0.3, -0.25) is 9.69 Å². The number of aromatic amines is 1. The van der Waals surface area contributed by atoms with Crippen LogP contribution in [0.3, 0.4) is 0 Å². The fourth-order valence-electron chi connectivity index (χ4n) is 4.00. The molecule has 0 bridgehead atoms. The van der Waals surface area contributed by atoms with Crippen molar-refractivity contribution in [2.45, 2.75) is 32.4 Å². The quantitative estimate of drug-likeness (QED) is 0.525. The zero-order valence-electron chi connectivity index (χ0n) is 16.8. The summed E-state index contributed by atoms with van der Waals surface area (Å²) in [5.41, 5.74) is 4.28. The number of fused-ring (bicyclic) bond motifs is 1. The Morgan fingerprint density at radius 2 is 2.07 bits per heavy atom. The van der Waals surface area contributed by atoms with Crippen LogP contribution in [-0.2, 0) is 11.3 Å². The average Bonchev–Trinajstić information content (AvgIpc) is 3.48. The minimum absolute atomic E-state index is 0.0262. The van der Waals surface area contributed by atoms with Gasteiger partial charge in [-0.1, -0.05) is 12.1 Å². The number of nitrogens with one attached hydrogen (secondary N) is 2. The number of carbonyl (C=O) groups excluding carboxylic acids is 1. The van der Waals surface area contributed by atoms with Gasteiger partial charge >= 0.3 is 0 Å². The van der Waals surface area contributed by atoms with Crippen LogP contribution in [0.4, 0.5) is 5.69 Å². The van der Waals surface area contributed by atoms with Crippen molar-refractivity contribution < 1.29 is 9.21 Å². The Bertz CT molecular complexity index is 1140. The first-order valence-electron chi connectivity index (χ1n) is 10.2. The van der Waals surface area contributed by atoms with Crippen molar-refractivity contribution in [1.82, 2.24) is 19.9 Å². The largest absolute Gasteiger partial charge is 0.436 e. The minimum atomic E-state index is -0.134. The summed E-state index contributed by atoms with van der Waals surface area (Å²) in [5, 5.41) is 3.05. The molecule has 0 unspecified atom stereocenters. The molecule has 1 fully saturated rings. The van der Waals surface area contributed by atoms with Crippen molar-refractivity contribution in [3.05, 3.63) is 66.2 Å². The lowest BCUT2D eigenvalue weighted by molar-refractivity contribution is -0.120. The smallest absolute Gasteiger partial charge is 0.241 e. The molecule has 152 valence electrons. The van der Waals surface area contributed by atoms with E-state index < -0.39 is 0 Å². The number of anilines is 1. The second-order valence-corrected chi connectivity index (χ2v) is 7.68. The molecule has 1 aliphatic heterocycles. The normalized spacial score (nSPS) is 16.9. The molecule has 4 aromatic rings. The third kappa shape index (κ3) is 3.71. The van der Waals surface area contributed by atoms with E-state index in [1.807, 2.05) is 61.7 Å². The lowest BCUT2D eigenvalue weighted by Gasteiger charge is -2.23. The van der Waals surface area contributed by atoms with Gasteiger partial charge in [-0.15, -0.1) is 0 Å². The Balaban J connectivity index is 1.26. The predicted molar refractivity (Wildman–Crippen MR) is 115 cm³/mol. The van der Waals surface area contributed by atoms with E-state index in [0.717, 1.165) is 53.3 Å². The molecule has 0 radical (unpaired) electrons. The molecule has 2 aromatic heterocycles. The number of aromatic nitrogens is 3. The van der Waals surface area contributed by atoms with Crippen LogP contribution < -0.4 is 5.32 Å². The lowest BCUT2D eigenvalue weighted by Crippen LogP contribution is -2.39. The number of hydrogen-bond acceptors (Lipinski definition) is 5. The fourth-order valence-corrected chi connectivity index (χ4v) is 4.00. The highest BCUT2D eigenvalue weighted by molar-refractivity contribution is 5.95. The first-order valence-corrected chi connectivity index (χ1v) is 10.2. The number of oxazole rings is 1. The van der Waals surface area contributed by atoms with Gasteiger partial charge in [0.2, 0.25) is 11.8 Å². The maximum absolute atomic E-state index is 12.9. The van der Waals surface area contributed by atoms with Crippen LogP contribution in [0.5, 0.6) is 0 Å². The summed E-state index contributed by atoms with van der Waals surface area (Å²) in [7, 11) is 0. The van der Waals surface area contributed by atoms with E-state index in [1.165, 1.54) is 0 Å². The topological polar surface area (TPSA) is 87.1 Å². The van der Waals surface area contributed by atoms with Gasteiger partial charge < -0.3 is 14.7 Å². The summed E-state index contributed by atoms with van der Waals surface area (Å²) >= 11 is 0. The van der Waals surface area contributed by atoms with Crippen molar-refractivity contribution in [2.24, 2.45) is 0 Å². The summed E-state index contributed by atoms with van der Waals surface area (Å²) in [5.74, 6) is 1.49. The number of rotatable bonds is 5. The summed E-state index contributed by atoms with van der Waals surface area (Å²) < 4.78 is 5.82. The highest BCUT2D eigenvalue weighted by atomic mass is 16.3. The Morgan fingerprint density at radius 3 is 2.83 bits per heavy atom. The Morgan fingerprint density at radius 1 is 1.23 bits per heavy atom. The van der Waals surface area contributed by atoms with Gasteiger partial charge in [0, 0.05) is 29.7 Å². The SMILES string of the molecule is Cc1ncc(CN2CCC[C@H]2C(=O)Nc2ccc(-c3nc4ccccc4o3)cc2)[nH]1. The first-order chi connectivity index (χ1) is 14.7. The molecule has 0 aliphatic carbocycles. The number of imidazole rings is 1. The van der Waals surface area contributed by atoms with E-state index in [-0.39, 0.29) is 11.9 Å². The highest BCUT2D eigenvalue weighted by Gasteiger charge is 2.31. The van der Waals surface area contributed by atoms with Gasteiger partial charge in [-0.05, 0) is 62.7 Å². The molecule has 5 rings (SSSR count). The number of carbonyl (C=O) groups is 1. The van der Waals surface area contributed by atoms with Gasteiger partial charge in [0.1, 0.15) is 11.3 Å². The lowest BCUT2D eigenvalue weighted by atomic mass is 10.1. The van der Waals surface area contributed by atoms with E-state index >= 15 is 0 Å². The van der Waals surface area contributed by atoms with Crippen LogP contribution >= 0.6 is 0 Å². The molecule has 3 heterocycles. The van der Waals surface area contributed by atoms with Crippen LogP contribution in [0.1, 0.15) is 24.4 Å². The van der Waals surface area contributed by atoms with Crippen LogP contribution in [-0.4, -0.2) is 38.3 Å². The second kappa shape index (κ2) is 7.76. The molecule has 30 heavy (non-hydrogen) atoms. The van der Waals surface area contributed by atoms with Gasteiger partial charge in [-0.25, -0.2) is 9.97 Å². The van der Waals surface area contributed by atoms with E-state index in [0.29, 0.717) is 12.4 Å². The average molecular weight is 401 g/mol. The van der Waals surface area contributed by atoms with Gasteiger partial charge in [0.25, 0.3) is 0 Å². The minimum Gasteiger partial charge on any atom is -0.436 e. The molecule has 0 spiro atoms. The Hall–Kier alpha value is -3.45. The number of hydrogen-bond donors (Lipinski definition) is 2. The van der Waals surface area contributed by atoms with E-state index in [4.69, 9.17) is 4.42 Å². The molecule has 7 nitrogen and oxygen atoms in total. The van der Waals surface area contributed by atoms with Crippen molar-refractivity contribution in [3.63, 3.8) is 0 Å². The monoisotopic (exact) mass is 401 g/mol. The van der Waals surface area contributed by atoms with Crippen molar-refractivity contribution >= 4 is 22.7 Å². The second-order valence-electron chi connectivity index (χ2n) is 7.68. The molecule has 1 saturated heterocycles. The summed E-state index contributed by atoms with van der Waals surface area (Å²) in [4.78, 5) is 27.1. The van der Waals surface area contributed by atoms with Gasteiger partial charge in [-0.2, -0.15) is 0 Å². The maximum atomic E-state index is 12.9.